The summed E-state index contributed by atoms with van der Waals surface area (Å²) in [7, 11) is 1.52. The summed E-state index contributed by atoms with van der Waals surface area (Å²) in [6.45, 7) is 2.40. The fraction of sp³-hybridized carbons (Fsp3) is 0.143. The number of rotatable bonds is 10. The van der Waals surface area contributed by atoms with E-state index in [1.165, 1.54) is 25.5 Å². The van der Waals surface area contributed by atoms with Gasteiger partial charge in [0.05, 0.1) is 30.4 Å². The Bertz CT molecular complexity index is 1470. The molecule has 9 nitrogen and oxygen atoms in total. The molecule has 0 heterocycles. The minimum Gasteiger partial charge on any atom is -0.496 e. The van der Waals surface area contributed by atoms with Gasteiger partial charge >= 0.3 is 0 Å². The molecule has 0 aliphatic carbocycles. The summed E-state index contributed by atoms with van der Waals surface area (Å²) in [5, 5.41) is 17.0. The molecule has 0 saturated carbocycles. The van der Waals surface area contributed by atoms with Crippen LogP contribution in [0.5, 0.6) is 17.2 Å². The van der Waals surface area contributed by atoms with Gasteiger partial charge in [-0.15, -0.1) is 0 Å². The van der Waals surface area contributed by atoms with E-state index >= 15 is 0 Å². The number of ether oxygens (including phenoxy) is 3. The van der Waals surface area contributed by atoms with Crippen LogP contribution < -0.4 is 19.6 Å². The lowest BCUT2D eigenvalue weighted by Gasteiger charge is -2.12. The van der Waals surface area contributed by atoms with E-state index in [0.717, 1.165) is 10.8 Å². The first-order valence-corrected chi connectivity index (χ1v) is 11.5. The molecule has 0 bridgehead atoms. The fourth-order valence-electron chi connectivity index (χ4n) is 3.70. The predicted molar refractivity (Wildman–Crippen MR) is 141 cm³/mol. The van der Waals surface area contributed by atoms with Crippen LogP contribution in [0.25, 0.3) is 10.8 Å². The van der Waals surface area contributed by atoms with Gasteiger partial charge in [0.1, 0.15) is 12.4 Å². The molecule has 0 aliphatic rings. The number of nitro benzene ring substituents is 1. The van der Waals surface area contributed by atoms with Crippen molar-refractivity contribution >= 4 is 28.6 Å². The third-order valence-electron chi connectivity index (χ3n) is 5.48. The van der Waals surface area contributed by atoms with Crippen LogP contribution in [0, 0.1) is 10.1 Å². The third-order valence-corrected chi connectivity index (χ3v) is 5.48. The molecule has 0 aromatic heterocycles. The number of fused-ring (bicyclic) bond motifs is 1. The second kappa shape index (κ2) is 11.7. The van der Waals surface area contributed by atoms with Crippen molar-refractivity contribution < 1.29 is 23.9 Å². The molecule has 4 aromatic rings. The van der Waals surface area contributed by atoms with Crippen molar-refractivity contribution in [3.8, 4) is 17.2 Å². The van der Waals surface area contributed by atoms with Crippen LogP contribution in [0.2, 0.25) is 0 Å². The second-order valence-electron chi connectivity index (χ2n) is 7.95. The zero-order valence-corrected chi connectivity index (χ0v) is 20.3. The molecule has 0 radical (unpaired) electrons. The van der Waals surface area contributed by atoms with Gasteiger partial charge in [0.25, 0.3) is 11.6 Å². The van der Waals surface area contributed by atoms with Crippen molar-refractivity contribution in [1.82, 2.24) is 5.43 Å². The van der Waals surface area contributed by atoms with E-state index in [1.807, 2.05) is 37.3 Å². The third kappa shape index (κ3) is 6.21. The normalized spacial score (nSPS) is 10.9. The average Bonchev–Trinajstić information content (AvgIpc) is 2.92. The maximum absolute atomic E-state index is 12.8. The zero-order chi connectivity index (χ0) is 26.2. The van der Waals surface area contributed by atoms with E-state index in [9.17, 15) is 14.9 Å². The number of nitrogens with zero attached hydrogens (tertiary/aromatic N) is 2. The van der Waals surface area contributed by atoms with Crippen molar-refractivity contribution in [1.29, 1.82) is 0 Å². The number of nitrogens with one attached hydrogen (secondary N) is 1. The summed E-state index contributed by atoms with van der Waals surface area (Å²) in [6, 6.07) is 22.8. The van der Waals surface area contributed by atoms with Gasteiger partial charge in [0.15, 0.2) is 11.5 Å². The SMILES string of the molecule is CCOc1cc(/C=N\NC(=O)c2cc3ccccc3cc2OC)ccc1OCc1cccc([N+](=O)[O-])c1. The zero-order valence-electron chi connectivity index (χ0n) is 20.3. The molecule has 0 aliphatic heterocycles. The van der Waals surface area contributed by atoms with Crippen LogP contribution in [0.4, 0.5) is 5.69 Å². The molecule has 0 unspecified atom stereocenters. The topological polar surface area (TPSA) is 112 Å². The highest BCUT2D eigenvalue weighted by molar-refractivity contribution is 6.02. The van der Waals surface area contributed by atoms with Crippen LogP contribution in [0.3, 0.4) is 0 Å². The number of methoxy groups -OCH3 is 1. The smallest absolute Gasteiger partial charge is 0.275 e. The summed E-state index contributed by atoms with van der Waals surface area (Å²) < 4.78 is 16.9. The van der Waals surface area contributed by atoms with Gasteiger partial charge in [-0.05, 0) is 59.2 Å². The van der Waals surface area contributed by atoms with Gasteiger partial charge in [-0.1, -0.05) is 36.4 Å². The number of nitro groups is 1. The standard InChI is InChI=1S/C28H25N3O6/c1-3-36-27-14-19(11-12-25(27)37-18-20-7-6-10-23(13-20)31(33)34)17-29-30-28(32)24-15-21-8-4-5-9-22(21)16-26(24)35-2/h4-17H,3,18H2,1-2H3,(H,30,32)/b29-17-. The van der Waals surface area contributed by atoms with E-state index < -0.39 is 10.8 Å². The Balaban J connectivity index is 1.46. The summed E-state index contributed by atoms with van der Waals surface area (Å²) in [5.41, 5.74) is 4.25. The average molecular weight is 500 g/mol. The van der Waals surface area contributed by atoms with Gasteiger partial charge in [0.2, 0.25) is 0 Å². The number of non-ortho nitro benzene ring substituents is 1. The number of hydrogen-bond acceptors (Lipinski definition) is 7. The molecular weight excluding hydrogens is 474 g/mol. The molecule has 4 aromatic carbocycles. The first kappa shape index (κ1) is 25.2. The van der Waals surface area contributed by atoms with Gasteiger partial charge in [-0.3, -0.25) is 14.9 Å². The highest BCUT2D eigenvalue weighted by Gasteiger charge is 2.13. The van der Waals surface area contributed by atoms with Crippen LogP contribution in [0.1, 0.15) is 28.4 Å². The number of carbonyl (C=O) groups is 1. The van der Waals surface area contributed by atoms with Gasteiger partial charge < -0.3 is 14.2 Å². The second-order valence-corrected chi connectivity index (χ2v) is 7.95. The Kier molecular flexibility index (Phi) is 7.95. The number of hydrazone groups is 1. The minimum atomic E-state index is -0.446. The van der Waals surface area contributed by atoms with Crippen LogP contribution in [-0.4, -0.2) is 30.8 Å². The lowest BCUT2D eigenvalue weighted by atomic mass is 10.1. The summed E-state index contributed by atoms with van der Waals surface area (Å²) in [5.74, 6) is 1.02. The molecule has 37 heavy (non-hydrogen) atoms. The molecule has 0 atom stereocenters. The van der Waals surface area contributed by atoms with Crippen molar-refractivity contribution in [2.75, 3.05) is 13.7 Å². The Morgan fingerprint density at radius 3 is 2.46 bits per heavy atom. The predicted octanol–water partition coefficient (Wildman–Crippen LogP) is 5.50. The van der Waals surface area contributed by atoms with E-state index in [0.29, 0.717) is 40.5 Å². The molecule has 0 saturated heterocycles. The molecule has 9 heteroatoms. The number of amides is 1. The minimum absolute atomic E-state index is 0.000970. The van der Waals surface area contributed by atoms with E-state index in [-0.39, 0.29) is 12.3 Å². The maximum atomic E-state index is 12.8. The number of carbonyl (C=O) groups excluding carboxylic acids is 1. The maximum Gasteiger partial charge on any atom is 0.275 e. The highest BCUT2D eigenvalue weighted by Crippen LogP contribution is 2.29. The molecule has 4 rings (SSSR count). The molecular formula is C28H25N3O6. The van der Waals surface area contributed by atoms with Gasteiger partial charge in [0, 0.05) is 12.1 Å². The van der Waals surface area contributed by atoms with Crippen LogP contribution in [-0.2, 0) is 6.61 Å². The summed E-state index contributed by atoms with van der Waals surface area (Å²) >= 11 is 0. The number of hydrogen-bond donors (Lipinski definition) is 1. The Morgan fingerprint density at radius 2 is 1.73 bits per heavy atom. The molecule has 1 N–H and O–H groups in total. The van der Waals surface area contributed by atoms with E-state index in [1.54, 1.807) is 36.4 Å². The number of benzene rings is 4. The molecule has 188 valence electrons. The van der Waals surface area contributed by atoms with E-state index in [2.05, 4.69) is 10.5 Å². The Labute approximate surface area is 213 Å². The lowest BCUT2D eigenvalue weighted by Crippen LogP contribution is -2.18. The van der Waals surface area contributed by atoms with Crippen LogP contribution >= 0.6 is 0 Å². The molecule has 1 amide bonds. The fourth-order valence-corrected chi connectivity index (χ4v) is 3.70. The van der Waals surface area contributed by atoms with E-state index in [4.69, 9.17) is 14.2 Å². The van der Waals surface area contributed by atoms with Crippen molar-refractivity contribution in [3.05, 3.63) is 106 Å². The summed E-state index contributed by atoms with van der Waals surface area (Å²) in [4.78, 5) is 23.3. The van der Waals surface area contributed by atoms with Gasteiger partial charge in [-0.2, -0.15) is 5.10 Å². The molecule has 0 fully saturated rings. The lowest BCUT2D eigenvalue weighted by molar-refractivity contribution is -0.384. The van der Waals surface area contributed by atoms with Gasteiger partial charge in [-0.25, -0.2) is 5.43 Å². The Hall–Kier alpha value is -4.92. The molecule has 0 spiro atoms. The van der Waals surface area contributed by atoms with Crippen molar-refractivity contribution in [2.45, 2.75) is 13.5 Å². The first-order chi connectivity index (χ1) is 18.0. The largest absolute Gasteiger partial charge is 0.496 e. The first-order valence-electron chi connectivity index (χ1n) is 11.5. The van der Waals surface area contributed by atoms with Crippen molar-refractivity contribution in [3.63, 3.8) is 0 Å². The van der Waals surface area contributed by atoms with Crippen molar-refractivity contribution in [2.24, 2.45) is 5.10 Å². The highest BCUT2D eigenvalue weighted by atomic mass is 16.6. The van der Waals surface area contributed by atoms with Crippen LogP contribution in [0.15, 0.2) is 84.0 Å². The summed E-state index contributed by atoms with van der Waals surface area (Å²) in [6.07, 6.45) is 1.50. The Morgan fingerprint density at radius 1 is 0.946 bits per heavy atom. The quantitative estimate of drug-likeness (QED) is 0.175. The monoisotopic (exact) mass is 499 g/mol.